The molecule has 3 aromatic rings. The molecule has 1 aliphatic rings. The van der Waals surface area contributed by atoms with Crippen LogP contribution in [0.4, 0.5) is 5.69 Å². The number of nitrogens with zero attached hydrogens (tertiary/aromatic N) is 2. The minimum absolute atomic E-state index is 0.0140. The number of hydrogen-bond acceptors (Lipinski definition) is 10. The minimum atomic E-state index is -0.624. The molecule has 0 unspecified atom stereocenters. The van der Waals surface area contributed by atoms with Crippen molar-refractivity contribution in [3.8, 4) is 0 Å². The van der Waals surface area contributed by atoms with Gasteiger partial charge in [-0.25, -0.2) is 5.48 Å². The van der Waals surface area contributed by atoms with Crippen molar-refractivity contribution in [2.24, 2.45) is 0 Å². The van der Waals surface area contributed by atoms with Gasteiger partial charge in [0.1, 0.15) is 5.01 Å². The Morgan fingerprint density at radius 3 is 2.44 bits per heavy atom. The van der Waals surface area contributed by atoms with Crippen LogP contribution in [0.1, 0.15) is 79.0 Å². The number of aromatic nitrogens is 2. The maximum absolute atomic E-state index is 12.5. The Labute approximate surface area is 247 Å². The number of rotatable bonds is 14. The quantitative estimate of drug-likeness (QED) is 0.0821. The van der Waals surface area contributed by atoms with Gasteiger partial charge in [-0.15, -0.1) is 10.2 Å². The molecule has 220 valence electrons. The number of aliphatic hydroxyl groups is 1. The third kappa shape index (κ3) is 9.87. The molecule has 4 rings (SSSR count). The molecule has 1 fully saturated rings. The molecular formula is C29H36N4O6S2. The van der Waals surface area contributed by atoms with Gasteiger partial charge < -0.3 is 19.9 Å². The predicted octanol–water partition coefficient (Wildman–Crippen LogP) is 5.46. The average molecular weight is 601 g/mol. The number of carbonyl (C=O) groups excluding carboxylic acids is 2. The number of carbonyl (C=O) groups is 2. The monoisotopic (exact) mass is 600 g/mol. The molecule has 0 saturated carbocycles. The first-order chi connectivity index (χ1) is 19.9. The summed E-state index contributed by atoms with van der Waals surface area (Å²) in [6, 6.07) is 15.3. The van der Waals surface area contributed by atoms with E-state index in [-0.39, 0.29) is 31.1 Å². The summed E-state index contributed by atoms with van der Waals surface area (Å²) in [7, 11) is 0. The van der Waals surface area contributed by atoms with E-state index in [0.717, 1.165) is 38.9 Å². The molecule has 1 aliphatic heterocycles. The Balaban J connectivity index is 1.37. The molecule has 0 radical (unpaired) electrons. The van der Waals surface area contributed by atoms with Crippen LogP contribution in [0.5, 0.6) is 0 Å². The highest BCUT2D eigenvalue weighted by atomic mass is 32.2. The van der Waals surface area contributed by atoms with Crippen LogP contribution in [0.25, 0.3) is 0 Å². The summed E-state index contributed by atoms with van der Waals surface area (Å²) in [6.07, 6.45) is 3.41. The summed E-state index contributed by atoms with van der Waals surface area (Å²) in [6.45, 7) is 1.92. The van der Waals surface area contributed by atoms with E-state index in [1.165, 1.54) is 0 Å². The highest BCUT2D eigenvalue weighted by Crippen LogP contribution is 2.40. The van der Waals surface area contributed by atoms with Gasteiger partial charge in [-0.3, -0.25) is 14.8 Å². The van der Waals surface area contributed by atoms with E-state index in [1.54, 1.807) is 28.6 Å². The molecule has 41 heavy (non-hydrogen) atoms. The zero-order chi connectivity index (χ0) is 29.0. The Bertz CT molecular complexity index is 1270. The van der Waals surface area contributed by atoms with Crippen LogP contribution in [0.15, 0.2) is 52.9 Å². The largest absolute Gasteiger partial charge is 0.392 e. The fraction of sp³-hybridized carbons (Fsp3) is 0.448. The number of hydrogen-bond donors (Lipinski definition) is 4. The Morgan fingerprint density at radius 1 is 1.00 bits per heavy atom. The molecule has 0 aliphatic carbocycles. The smallest absolute Gasteiger partial charge is 0.243 e. The van der Waals surface area contributed by atoms with Gasteiger partial charge in [-0.05, 0) is 43.0 Å². The number of thioether (sulfide) groups is 1. The first kappa shape index (κ1) is 31.1. The summed E-state index contributed by atoms with van der Waals surface area (Å²) in [4.78, 5) is 23.6. The number of nitrogens with one attached hydrogen (secondary N) is 2. The van der Waals surface area contributed by atoms with E-state index >= 15 is 0 Å². The third-order valence-corrected chi connectivity index (χ3v) is 8.74. The van der Waals surface area contributed by atoms with Crippen molar-refractivity contribution < 1.29 is 29.4 Å². The van der Waals surface area contributed by atoms with Crippen molar-refractivity contribution in [2.45, 2.75) is 81.3 Å². The van der Waals surface area contributed by atoms with Crippen molar-refractivity contribution >= 4 is 40.6 Å². The van der Waals surface area contributed by atoms with E-state index in [9.17, 15) is 14.7 Å². The zero-order valence-electron chi connectivity index (χ0n) is 23.0. The number of hydroxylamine groups is 1. The SMILES string of the molecule is Cc1nnc(SC[C@@H]2C[C@H](c3ccc(CO)cc3)O[C@H](c3cccc(NC(=O)CCCCCCC(=O)NO)c3)O2)s1. The lowest BCUT2D eigenvalue weighted by Gasteiger charge is -2.36. The fourth-order valence-electron chi connectivity index (χ4n) is 4.49. The van der Waals surface area contributed by atoms with Gasteiger partial charge in [-0.1, -0.05) is 72.3 Å². The summed E-state index contributed by atoms with van der Waals surface area (Å²) in [5, 5.41) is 30.2. The molecular weight excluding hydrogens is 564 g/mol. The van der Waals surface area contributed by atoms with Crippen molar-refractivity contribution in [3.05, 3.63) is 70.2 Å². The first-order valence-corrected chi connectivity index (χ1v) is 15.5. The molecule has 2 heterocycles. The Morgan fingerprint density at radius 2 is 1.76 bits per heavy atom. The number of aryl methyl sites for hydroxylation is 1. The van der Waals surface area contributed by atoms with Crippen LogP contribution < -0.4 is 10.8 Å². The highest BCUT2D eigenvalue weighted by Gasteiger charge is 2.32. The van der Waals surface area contributed by atoms with E-state index in [1.807, 2.05) is 55.5 Å². The molecule has 1 aromatic heterocycles. The second kappa shape index (κ2) is 15.9. The highest BCUT2D eigenvalue weighted by molar-refractivity contribution is 8.01. The lowest BCUT2D eigenvalue weighted by molar-refractivity contribution is -0.245. The zero-order valence-corrected chi connectivity index (χ0v) is 24.6. The van der Waals surface area contributed by atoms with E-state index in [4.69, 9.17) is 14.7 Å². The summed E-state index contributed by atoms with van der Waals surface area (Å²) in [5.74, 6) is 0.224. The van der Waals surface area contributed by atoms with Crippen molar-refractivity contribution in [1.82, 2.24) is 15.7 Å². The van der Waals surface area contributed by atoms with Crippen molar-refractivity contribution in [2.75, 3.05) is 11.1 Å². The van der Waals surface area contributed by atoms with Gasteiger partial charge in [0.05, 0.1) is 18.8 Å². The van der Waals surface area contributed by atoms with Crippen molar-refractivity contribution in [1.29, 1.82) is 0 Å². The van der Waals surface area contributed by atoms with Crippen LogP contribution in [-0.4, -0.2) is 44.2 Å². The molecule has 1 saturated heterocycles. The molecule has 12 heteroatoms. The number of amides is 2. The number of benzene rings is 2. The van der Waals surface area contributed by atoms with Crippen LogP contribution in [0.2, 0.25) is 0 Å². The average Bonchev–Trinajstić information content (AvgIpc) is 3.42. The number of ether oxygens (including phenoxy) is 2. The molecule has 10 nitrogen and oxygen atoms in total. The maximum atomic E-state index is 12.5. The van der Waals surface area contributed by atoms with Gasteiger partial charge in [0.25, 0.3) is 0 Å². The molecule has 2 aromatic carbocycles. The standard InChI is InChI=1S/C29H36N4O6S2/c1-19-31-32-29(41-19)40-18-24-16-25(21-13-11-20(17-34)12-14-21)39-28(38-24)22-7-6-8-23(15-22)30-26(35)9-4-2-3-5-10-27(36)33-37/h6-8,11-15,24-25,28,34,37H,2-5,9-10,16-18H2,1H3,(H,30,35)(H,33,36)/t24-,25+,28+/m0/s1. The van der Waals surface area contributed by atoms with Crippen molar-refractivity contribution in [3.63, 3.8) is 0 Å². The number of unbranched alkanes of at least 4 members (excludes halogenated alkanes) is 3. The predicted molar refractivity (Wildman–Crippen MR) is 156 cm³/mol. The number of aliphatic hydroxyl groups excluding tert-OH is 1. The molecule has 3 atom stereocenters. The topological polar surface area (TPSA) is 143 Å². The second-order valence-electron chi connectivity index (χ2n) is 9.87. The fourth-order valence-corrected chi connectivity index (χ4v) is 6.35. The molecule has 4 N–H and O–H groups in total. The number of anilines is 1. The normalized spacial score (nSPS) is 18.7. The summed E-state index contributed by atoms with van der Waals surface area (Å²) < 4.78 is 13.7. The van der Waals surface area contributed by atoms with Gasteiger partial charge in [0, 0.05) is 36.3 Å². The first-order valence-electron chi connectivity index (χ1n) is 13.7. The summed E-state index contributed by atoms with van der Waals surface area (Å²) >= 11 is 3.18. The second-order valence-corrected chi connectivity index (χ2v) is 12.3. The maximum Gasteiger partial charge on any atom is 0.243 e. The van der Waals surface area contributed by atoms with Crippen LogP contribution >= 0.6 is 23.1 Å². The van der Waals surface area contributed by atoms with E-state index in [2.05, 4.69) is 15.5 Å². The van der Waals surface area contributed by atoms with Crippen LogP contribution in [0.3, 0.4) is 0 Å². The van der Waals surface area contributed by atoms with Gasteiger partial charge in [-0.2, -0.15) is 0 Å². The Hall–Kier alpha value is -2.87. The Kier molecular flexibility index (Phi) is 12.1. The molecule has 2 amide bonds. The van der Waals surface area contributed by atoms with Gasteiger partial charge in [0.15, 0.2) is 10.6 Å². The summed E-state index contributed by atoms with van der Waals surface area (Å²) in [5.41, 5.74) is 4.96. The lowest BCUT2D eigenvalue weighted by atomic mass is 10.0. The molecule has 0 spiro atoms. The van der Waals surface area contributed by atoms with Crippen LogP contribution in [-0.2, 0) is 25.7 Å². The lowest BCUT2D eigenvalue weighted by Crippen LogP contribution is -2.31. The third-order valence-electron chi connectivity index (χ3n) is 6.64. The van der Waals surface area contributed by atoms with E-state index in [0.29, 0.717) is 37.1 Å². The van der Waals surface area contributed by atoms with Crippen LogP contribution in [0, 0.1) is 6.92 Å². The van der Waals surface area contributed by atoms with Gasteiger partial charge >= 0.3 is 0 Å². The molecule has 0 bridgehead atoms. The van der Waals surface area contributed by atoms with Gasteiger partial charge in [0.2, 0.25) is 11.8 Å². The van der Waals surface area contributed by atoms with E-state index < -0.39 is 12.2 Å². The minimum Gasteiger partial charge on any atom is -0.392 e.